The van der Waals surface area contributed by atoms with Gasteiger partial charge >= 0.3 is 0 Å². The molecule has 3 nitrogen and oxygen atoms in total. The zero-order valence-corrected chi connectivity index (χ0v) is 14.2. The first kappa shape index (κ1) is 16.1. The number of amides is 1. The second kappa shape index (κ2) is 7.16. The van der Waals surface area contributed by atoms with Gasteiger partial charge in [0, 0.05) is 9.50 Å². The number of rotatable bonds is 4. The Morgan fingerprint density at radius 2 is 2.00 bits per heavy atom. The summed E-state index contributed by atoms with van der Waals surface area (Å²) >= 11 is 15.3. The highest BCUT2D eigenvalue weighted by atomic mass is 79.9. The van der Waals surface area contributed by atoms with Crippen molar-refractivity contribution < 1.29 is 9.53 Å². The normalized spacial score (nSPS) is 10.3. The molecule has 0 radical (unpaired) electrons. The van der Waals surface area contributed by atoms with E-state index < -0.39 is 0 Å². The predicted molar refractivity (Wildman–Crippen MR) is 89.7 cm³/mol. The Hall–Kier alpha value is -1.23. The molecule has 0 spiro atoms. The molecular weight excluding hydrogens is 377 g/mol. The molecule has 6 heteroatoms. The van der Waals surface area contributed by atoms with E-state index in [0.29, 0.717) is 33.7 Å². The van der Waals surface area contributed by atoms with Crippen LogP contribution in [0.15, 0.2) is 40.9 Å². The highest BCUT2D eigenvalue weighted by molar-refractivity contribution is 9.10. The molecule has 2 aromatic rings. The van der Waals surface area contributed by atoms with Crippen molar-refractivity contribution in [2.24, 2.45) is 0 Å². The van der Waals surface area contributed by atoms with Crippen molar-refractivity contribution >= 4 is 50.7 Å². The summed E-state index contributed by atoms with van der Waals surface area (Å²) in [5.41, 5.74) is 0.874. The minimum Gasteiger partial charge on any atom is -0.493 e. The Balaban J connectivity index is 2.31. The molecule has 21 heavy (non-hydrogen) atoms. The van der Waals surface area contributed by atoms with Crippen LogP contribution in [0.2, 0.25) is 10.0 Å². The Morgan fingerprint density at radius 3 is 2.71 bits per heavy atom. The van der Waals surface area contributed by atoms with E-state index in [9.17, 15) is 4.79 Å². The maximum atomic E-state index is 12.4. The van der Waals surface area contributed by atoms with Gasteiger partial charge in [0.2, 0.25) is 0 Å². The lowest BCUT2D eigenvalue weighted by Gasteiger charge is -2.12. The summed E-state index contributed by atoms with van der Waals surface area (Å²) in [5.74, 6) is 0.195. The molecule has 0 aliphatic carbocycles. The highest BCUT2D eigenvalue weighted by Gasteiger charge is 2.15. The van der Waals surface area contributed by atoms with E-state index >= 15 is 0 Å². The van der Waals surface area contributed by atoms with Gasteiger partial charge in [0.15, 0.2) is 0 Å². The first-order valence-electron chi connectivity index (χ1n) is 6.20. The minimum atomic E-state index is -0.316. The van der Waals surface area contributed by atoms with Crippen molar-refractivity contribution in [3.8, 4) is 5.75 Å². The summed E-state index contributed by atoms with van der Waals surface area (Å²) in [6.45, 7) is 2.33. The topological polar surface area (TPSA) is 38.3 Å². The number of hydrogen-bond acceptors (Lipinski definition) is 2. The molecular formula is C15H12BrCl2NO2. The molecule has 0 bridgehead atoms. The van der Waals surface area contributed by atoms with Gasteiger partial charge in [-0.15, -0.1) is 0 Å². The lowest BCUT2D eigenvalue weighted by molar-refractivity contribution is 0.102. The van der Waals surface area contributed by atoms with Crippen molar-refractivity contribution in [3.63, 3.8) is 0 Å². The zero-order valence-electron chi connectivity index (χ0n) is 11.1. The molecule has 0 aliphatic rings. The third kappa shape index (κ3) is 4.13. The molecule has 0 fully saturated rings. The molecule has 0 saturated heterocycles. The summed E-state index contributed by atoms with van der Waals surface area (Å²) in [6.07, 6.45) is 0. The Labute approximate surface area is 141 Å². The van der Waals surface area contributed by atoms with E-state index in [4.69, 9.17) is 27.9 Å². The Kier molecular flexibility index (Phi) is 5.51. The maximum Gasteiger partial charge on any atom is 0.259 e. The van der Waals surface area contributed by atoms with E-state index in [2.05, 4.69) is 21.2 Å². The average Bonchev–Trinajstić information content (AvgIpc) is 2.45. The molecule has 0 saturated carbocycles. The molecule has 0 aliphatic heterocycles. The van der Waals surface area contributed by atoms with Crippen LogP contribution in [0.1, 0.15) is 17.3 Å². The fraction of sp³-hybridized carbons (Fsp3) is 0.133. The first-order valence-corrected chi connectivity index (χ1v) is 7.75. The fourth-order valence-corrected chi connectivity index (χ4v) is 2.44. The van der Waals surface area contributed by atoms with Gasteiger partial charge in [-0.05, 0) is 43.3 Å². The van der Waals surface area contributed by atoms with Crippen LogP contribution < -0.4 is 10.1 Å². The SMILES string of the molecule is CCOc1ccc(Br)cc1C(=O)Nc1cc(Cl)ccc1Cl. The second-order valence-corrected chi connectivity index (χ2v) is 5.91. The van der Waals surface area contributed by atoms with E-state index in [1.165, 1.54) is 0 Å². The number of hydrogen-bond donors (Lipinski definition) is 1. The first-order chi connectivity index (χ1) is 10.0. The van der Waals surface area contributed by atoms with Crippen LogP contribution in [0.4, 0.5) is 5.69 Å². The Morgan fingerprint density at radius 1 is 1.24 bits per heavy atom. The summed E-state index contributed by atoms with van der Waals surface area (Å²) in [5, 5.41) is 3.65. The van der Waals surface area contributed by atoms with E-state index in [0.717, 1.165) is 4.47 Å². The predicted octanol–water partition coefficient (Wildman–Crippen LogP) is 5.41. The molecule has 2 aromatic carbocycles. The smallest absolute Gasteiger partial charge is 0.259 e. The van der Waals surface area contributed by atoms with E-state index in [-0.39, 0.29) is 5.91 Å². The Bertz CT molecular complexity index is 677. The summed E-state index contributed by atoms with van der Waals surface area (Å²) in [7, 11) is 0. The quantitative estimate of drug-likeness (QED) is 0.760. The lowest BCUT2D eigenvalue weighted by Crippen LogP contribution is -2.14. The number of carbonyl (C=O) groups is 1. The van der Waals surface area contributed by atoms with Gasteiger partial charge in [0.05, 0.1) is 22.9 Å². The monoisotopic (exact) mass is 387 g/mol. The van der Waals surface area contributed by atoms with Crippen molar-refractivity contribution in [2.45, 2.75) is 6.92 Å². The standard InChI is InChI=1S/C15H12BrCl2NO2/c1-2-21-14-6-3-9(16)7-11(14)15(20)19-13-8-10(17)4-5-12(13)18/h3-8H,2H2,1H3,(H,19,20). The number of anilines is 1. The molecule has 2 rings (SSSR count). The molecule has 1 amide bonds. The fourth-order valence-electron chi connectivity index (χ4n) is 1.74. The van der Waals surface area contributed by atoms with Crippen LogP contribution >= 0.6 is 39.1 Å². The third-order valence-corrected chi connectivity index (χ3v) is 3.72. The second-order valence-electron chi connectivity index (χ2n) is 4.15. The minimum absolute atomic E-state index is 0.316. The highest BCUT2D eigenvalue weighted by Crippen LogP contribution is 2.28. The zero-order chi connectivity index (χ0) is 15.4. The molecule has 0 unspecified atom stereocenters. The molecule has 0 aromatic heterocycles. The van der Waals surface area contributed by atoms with Gasteiger partial charge < -0.3 is 10.1 Å². The van der Waals surface area contributed by atoms with Crippen LogP contribution in [0.3, 0.4) is 0 Å². The maximum absolute atomic E-state index is 12.4. The van der Waals surface area contributed by atoms with Gasteiger partial charge in [0.1, 0.15) is 5.75 Å². The third-order valence-electron chi connectivity index (χ3n) is 2.66. The van der Waals surface area contributed by atoms with Crippen molar-refractivity contribution in [3.05, 3.63) is 56.5 Å². The van der Waals surface area contributed by atoms with Crippen LogP contribution in [0.5, 0.6) is 5.75 Å². The van der Waals surface area contributed by atoms with Crippen LogP contribution in [-0.2, 0) is 0 Å². The van der Waals surface area contributed by atoms with Crippen LogP contribution in [-0.4, -0.2) is 12.5 Å². The summed E-state index contributed by atoms with van der Waals surface area (Å²) in [4.78, 5) is 12.4. The van der Waals surface area contributed by atoms with Crippen molar-refractivity contribution in [1.29, 1.82) is 0 Å². The van der Waals surface area contributed by atoms with Crippen molar-refractivity contribution in [1.82, 2.24) is 0 Å². The molecule has 110 valence electrons. The number of benzene rings is 2. The number of ether oxygens (including phenoxy) is 1. The summed E-state index contributed by atoms with van der Waals surface area (Å²) in [6, 6.07) is 10.1. The van der Waals surface area contributed by atoms with Gasteiger partial charge in [-0.25, -0.2) is 0 Å². The van der Waals surface area contributed by atoms with Crippen molar-refractivity contribution in [2.75, 3.05) is 11.9 Å². The molecule has 0 heterocycles. The van der Waals surface area contributed by atoms with E-state index in [1.54, 1.807) is 30.3 Å². The van der Waals surface area contributed by atoms with Crippen LogP contribution in [0, 0.1) is 0 Å². The lowest BCUT2D eigenvalue weighted by atomic mass is 10.2. The van der Waals surface area contributed by atoms with E-state index in [1.807, 2.05) is 13.0 Å². The van der Waals surface area contributed by atoms with Gasteiger partial charge in [0.25, 0.3) is 5.91 Å². The van der Waals surface area contributed by atoms with Gasteiger partial charge in [-0.3, -0.25) is 4.79 Å². The number of nitrogens with one attached hydrogen (secondary N) is 1. The number of carbonyl (C=O) groups excluding carboxylic acids is 1. The van der Waals surface area contributed by atoms with Gasteiger partial charge in [-0.2, -0.15) is 0 Å². The number of halogens is 3. The molecule has 0 atom stereocenters. The largest absolute Gasteiger partial charge is 0.493 e. The molecule has 1 N–H and O–H groups in total. The van der Waals surface area contributed by atoms with Crippen LogP contribution in [0.25, 0.3) is 0 Å². The van der Waals surface area contributed by atoms with Gasteiger partial charge in [-0.1, -0.05) is 39.1 Å². The summed E-state index contributed by atoms with van der Waals surface area (Å²) < 4.78 is 6.25. The average molecular weight is 389 g/mol.